The number of fused-ring (bicyclic) bond motifs is 1. The zero-order chi connectivity index (χ0) is 22.9. The molecule has 0 radical (unpaired) electrons. The minimum absolute atomic E-state index is 0.109. The molecule has 2 aromatic heterocycles. The van der Waals surface area contributed by atoms with Crippen LogP contribution in [0.3, 0.4) is 0 Å². The van der Waals surface area contributed by atoms with Gasteiger partial charge in [-0.25, -0.2) is 14.4 Å². The fourth-order valence-electron chi connectivity index (χ4n) is 4.04. The van der Waals surface area contributed by atoms with E-state index in [0.717, 1.165) is 33.1 Å². The Balaban J connectivity index is 1.50. The van der Waals surface area contributed by atoms with Crippen LogP contribution < -0.4 is 0 Å². The molecular weight excluding hydrogens is 457 g/mol. The molecule has 33 heavy (non-hydrogen) atoms. The van der Waals surface area contributed by atoms with E-state index < -0.39 is 0 Å². The van der Waals surface area contributed by atoms with Crippen LogP contribution >= 0.6 is 23.3 Å². The van der Waals surface area contributed by atoms with Crippen LogP contribution in [-0.2, 0) is 12.3 Å². The summed E-state index contributed by atoms with van der Waals surface area (Å²) in [6, 6.07) is 15.8. The lowest BCUT2D eigenvalue weighted by molar-refractivity contribution is 0.0641. The van der Waals surface area contributed by atoms with E-state index in [1.807, 2.05) is 36.9 Å². The second kappa shape index (κ2) is 9.07. The largest absolute Gasteiger partial charge is 0.328 e. The summed E-state index contributed by atoms with van der Waals surface area (Å²) in [5, 5.41) is 1.68. The molecule has 0 saturated heterocycles. The van der Waals surface area contributed by atoms with Crippen LogP contribution in [0.1, 0.15) is 40.4 Å². The van der Waals surface area contributed by atoms with Gasteiger partial charge in [0.2, 0.25) is 0 Å². The molecule has 3 heterocycles. The maximum Gasteiger partial charge on any atom is 0.254 e. The molecule has 1 aliphatic rings. The summed E-state index contributed by atoms with van der Waals surface area (Å²) in [5.41, 5.74) is 2.69. The van der Waals surface area contributed by atoms with E-state index in [2.05, 4.69) is 26.1 Å². The minimum atomic E-state index is -0.354. The van der Waals surface area contributed by atoms with E-state index in [1.165, 1.54) is 41.4 Å². The molecule has 0 N–H and O–H groups in total. The second-order valence-corrected chi connectivity index (χ2v) is 9.60. The fraction of sp³-hybridized carbons (Fsp3) is 0.250. The van der Waals surface area contributed by atoms with Crippen LogP contribution in [0.4, 0.5) is 4.39 Å². The molecule has 0 saturated carbocycles. The molecule has 0 spiro atoms. The number of benzene rings is 2. The molecule has 0 bridgehead atoms. The van der Waals surface area contributed by atoms with Crippen LogP contribution in [0.5, 0.6) is 0 Å². The number of halogens is 1. The van der Waals surface area contributed by atoms with Crippen LogP contribution in [0.2, 0.25) is 0 Å². The lowest BCUT2D eigenvalue weighted by Crippen LogP contribution is -2.41. The molecule has 168 valence electrons. The van der Waals surface area contributed by atoms with E-state index >= 15 is 0 Å². The summed E-state index contributed by atoms with van der Waals surface area (Å²) >= 11 is 3.00. The lowest BCUT2D eigenvalue weighted by Gasteiger charge is -2.35. The molecule has 1 aliphatic heterocycles. The van der Waals surface area contributed by atoms with Gasteiger partial charge in [0.1, 0.15) is 16.7 Å². The van der Waals surface area contributed by atoms with Crippen molar-refractivity contribution in [3.63, 3.8) is 0 Å². The monoisotopic (exact) mass is 479 g/mol. The van der Waals surface area contributed by atoms with Crippen LogP contribution in [0.25, 0.3) is 10.8 Å². The van der Waals surface area contributed by atoms with Gasteiger partial charge in [0.15, 0.2) is 10.8 Å². The third kappa shape index (κ3) is 4.30. The standard InChI is InChI=1S/C24H22FN5OS2/c1-15-20-22(32-14-17-6-4-3-5-7-17)27-21(23-26-16(2)28-33-23)30(20)13-12-29(15)24(31)18-8-10-19(25)11-9-18/h3-11,15H,12-14H2,1-2H3. The Morgan fingerprint density at radius 1 is 1.12 bits per heavy atom. The van der Waals surface area contributed by atoms with Gasteiger partial charge in [0, 0.05) is 24.4 Å². The highest BCUT2D eigenvalue weighted by Gasteiger charge is 2.34. The number of hydrogen-bond acceptors (Lipinski definition) is 6. The molecule has 5 rings (SSSR count). The van der Waals surface area contributed by atoms with Crippen molar-refractivity contribution in [2.24, 2.45) is 0 Å². The van der Waals surface area contributed by atoms with Crippen molar-refractivity contribution in [3.8, 4) is 10.8 Å². The summed E-state index contributed by atoms with van der Waals surface area (Å²) in [5.74, 6) is 1.84. The van der Waals surface area contributed by atoms with Crippen LogP contribution in [0.15, 0.2) is 59.6 Å². The summed E-state index contributed by atoms with van der Waals surface area (Å²) in [4.78, 5) is 24.6. The first-order chi connectivity index (χ1) is 16.0. The number of imidazole rings is 1. The maximum absolute atomic E-state index is 13.4. The molecule has 1 unspecified atom stereocenters. The molecule has 6 nitrogen and oxygen atoms in total. The smallest absolute Gasteiger partial charge is 0.254 e. The summed E-state index contributed by atoms with van der Waals surface area (Å²) in [6.45, 7) is 5.04. The van der Waals surface area contributed by atoms with Gasteiger partial charge >= 0.3 is 0 Å². The normalized spacial score (nSPS) is 15.5. The Kier molecular flexibility index (Phi) is 5.99. The van der Waals surface area contributed by atoms with Gasteiger partial charge < -0.3 is 9.47 Å². The van der Waals surface area contributed by atoms with Gasteiger partial charge in [-0.2, -0.15) is 4.37 Å². The fourth-order valence-corrected chi connectivity index (χ4v) is 5.79. The number of carbonyl (C=O) groups excluding carboxylic acids is 1. The average Bonchev–Trinajstić information content (AvgIpc) is 3.42. The van der Waals surface area contributed by atoms with Gasteiger partial charge in [-0.1, -0.05) is 42.1 Å². The van der Waals surface area contributed by atoms with Crippen molar-refractivity contribution < 1.29 is 9.18 Å². The van der Waals surface area contributed by atoms with Crippen molar-refractivity contribution in [2.45, 2.75) is 37.2 Å². The first kappa shape index (κ1) is 21.8. The lowest BCUT2D eigenvalue weighted by atomic mass is 10.1. The summed E-state index contributed by atoms with van der Waals surface area (Å²) in [7, 11) is 0. The predicted molar refractivity (Wildman–Crippen MR) is 128 cm³/mol. The first-order valence-corrected chi connectivity index (χ1v) is 12.4. The highest BCUT2D eigenvalue weighted by molar-refractivity contribution is 7.98. The van der Waals surface area contributed by atoms with Gasteiger partial charge in [-0.05, 0) is 55.2 Å². The summed E-state index contributed by atoms with van der Waals surface area (Å²) < 4.78 is 19.9. The molecule has 9 heteroatoms. The Morgan fingerprint density at radius 3 is 2.58 bits per heavy atom. The SMILES string of the molecule is Cc1nsc(-c2nc(SCc3ccccc3)c3n2CCN(C(=O)c2ccc(F)cc2)C3C)n1. The second-order valence-electron chi connectivity index (χ2n) is 7.88. The zero-order valence-electron chi connectivity index (χ0n) is 18.2. The molecule has 0 fully saturated rings. The Labute approximate surface area is 199 Å². The van der Waals surface area contributed by atoms with Gasteiger partial charge in [-0.15, -0.1) is 0 Å². The molecule has 1 atom stereocenters. The van der Waals surface area contributed by atoms with Crippen molar-refractivity contribution in [3.05, 3.63) is 83.1 Å². The number of hydrogen-bond donors (Lipinski definition) is 0. The number of aryl methyl sites for hydroxylation is 1. The first-order valence-electron chi connectivity index (χ1n) is 10.7. The van der Waals surface area contributed by atoms with E-state index in [9.17, 15) is 9.18 Å². The number of amides is 1. The Morgan fingerprint density at radius 2 is 1.88 bits per heavy atom. The van der Waals surface area contributed by atoms with Crippen LogP contribution in [-0.4, -0.2) is 36.3 Å². The molecule has 4 aromatic rings. The number of aromatic nitrogens is 4. The average molecular weight is 480 g/mol. The van der Waals surface area contributed by atoms with Crippen molar-refractivity contribution in [2.75, 3.05) is 6.54 Å². The minimum Gasteiger partial charge on any atom is -0.328 e. The van der Waals surface area contributed by atoms with Gasteiger partial charge in [0.05, 0.1) is 11.7 Å². The number of rotatable bonds is 5. The van der Waals surface area contributed by atoms with Crippen molar-refractivity contribution in [1.29, 1.82) is 0 Å². The van der Waals surface area contributed by atoms with E-state index in [0.29, 0.717) is 18.7 Å². The van der Waals surface area contributed by atoms with E-state index in [4.69, 9.17) is 4.98 Å². The van der Waals surface area contributed by atoms with Gasteiger partial charge in [-0.3, -0.25) is 4.79 Å². The van der Waals surface area contributed by atoms with E-state index in [1.54, 1.807) is 11.8 Å². The topological polar surface area (TPSA) is 63.9 Å². The highest BCUT2D eigenvalue weighted by Crippen LogP contribution is 2.39. The third-order valence-corrected chi connectivity index (χ3v) is 7.54. The Hall–Kier alpha value is -3.04. The predicted octanol–water partition coefficient (Wildman–Crippen LogP) is 5.36. The Bertz CT molecular complexity index is 1290. The van der Waals surface area contributed by atoms with Crippen molar-refractivity contribution >= 4 is 29.2 Å². The highest BCUT2D eigenvalue weighted by atomic mass is 32.2. The molecule has 1 amide bonds. The van der Waals surface area contributed by atoms with Crippen LogP contribution in [0, 0.1) is 12.7 Å². The third-order valence-electron chi connectivity index (χ3n) is 5.69. The number of nitrogens with zero attached hydrogens (tertiary/aromatic N) is 5. The zero-order valence-corrected chi connectivity index (χ0v) is 19.9. The molecule has 0 aliphatic carbocycles. The van der Waals surface area contributed by atoms with Crippen molar-refractivity contribution in [1.82, 2.24) is 23.8 Å². The van der Waals surface area contributed by atoms with Gasteiger partial charge in [0.25, 0.3) is 5.91 Å². The van der Waals surface area contributed by atoms with E-state index in [-0.39, 0.29) is 17.8 Å². The summed E-state index contributed by atoms with van der Waals surface area (Å²) in [6.07, 6.45) is 0. The number of carbonyl (C=O) groups is 1. The maximum atomic E-state index is 13.4. The molecular formula is C24H22FN5OS2. The number of thioether (sulfide) groups is 1. The quantitative estimate of drug-likeness (QED) is 0.361. The molecule has 2 aromatic carbocycles.